The Hall–Kier alpha value is -0.340. The van der Waals surface area contributed by atoms with Crippen LogP contribution in [0.1, 0.15) is 51.5 Å². The number of halogens is 1. The fourth-order valence-electron chi connectivity index (χ4n) is 2.01. The normalized spacial score (nSPS) is 12.6. The number of hydrogen-bond donors (Lipinski definition) is 1. The van der Waals surface area contributed by atoms with E-state index in [1.807, 2.05) is 0 Å². The zero-order chi connectivity index (χ0) is 12.5. The molecule has 1 atom stereocenters. The average Bonchev–Trinajstić information content (AvgIpc) is 2.35. The van der Waals surface area contributed by atoms with Gasteiger partial charge in [0.1, 0.15) is 0 Å². The van der Waals surface area contributed by atoms with Crippen LogP contribution < -0.4 is 5.32 Å². The van der Waals surface area contributed by atoms with Crippen molar-refractivity contribution in [3.8, 4) is 0 Å². The van der Waals surface area contributed by atoms with Crippen LogP contribution in [0.5, 0.6) is 0 Å². The maximum atomic E-state index is 3.68. The van der Waals surface area contributed by atoms with Crippen LogP contribution in [-0.2, 0) is 6.54 Å². The Morgan fingerprint density at radius 3 is 2.35 bits per heavy atom. The van der Waals surface area contributed by atoms with Gasteiger partial charge in [0, 0.05) is 17.1 Å². The molecule has 0 aliphatic carbocycles. The molecule has 0 aromatic heterocycles. The monoisotopic (exact) mass is 297 g/mol. The lowest BCUT2D eigenvalue weighted by atomic mass is 10.0. The predicted octanol–water partition coefficient (Wildman–Crippen LogP) is 4.90. The van der Waals surface area contributed by atoms with Crippen LogP contribution in [0.25, 0.3) is 0 Å². The summed E-state index contributed by atoms with van der Waals surface area (Å²) in [6, 6.07) is 9.26. The van der Waals surface area contributed by atoms with Gasteiger partial charge < -0.3 is 5.32 Å². The molecule has 1 unspecified atom stereocenters. The van der Waals surface area contributed by atoms with Gasteiger partial charge in [-0.1, -0.05) is 61.2 Å². The molecule has 1 N–H and O–H groups in total. The summed E-state index contributed by atoms with van der Waals surface area (Å²) in [6.07, 6.45) is 6.48. The van der Waals surface area contributed by atoms with E-state index in [0.29, 0.717) is 6.04 Å². The molecule has 0 aliphatic rings. The molecule has 17 heavy (non-hydrogen) atoms. The van der Waals surface area contributed by atoms with Crippen LogP contribution in [0.2, 0.25) is 0 Å². The van der Waals surface area contributed by atoms with E-state index in [2.05, 4.69) is 59.4 Å². The van der Waals surface area contributed by atoms with E-state index in [1.54, 1.807) is 0 Å². The summed E-state index contributed by atoms with van der Waals surface area (Å²) in [5, 5.41) is 3.68. The Labute approximate surface area is 114 Å². The summed E-state index contributed by atoms with van der Waals surface area (Å²) < 4.78 is 1.15. The van der Waals surface area contributed by atoms with E-state index in [1.165, 1.54) is 37.7 Å². The zero-order valence-electron chi connectivity index (χ0n) is 11.0. The molecule has 0 heterocycles. The minimum Gasteiger partial charge on any atom is -0.310 e. The third-order valence-corrected chi connectivity index (χ3v) is 3.58. The lowest BCUT2D eigenvalue weighted by molar-refractivity contribution is 0.434. The first-order valence-corrected chi connectivity index (χ1v) is 7.53. The van der Waals surface area contributed by atoms with Gasteiger partial charge >= 0.3 is 0 Å². The largest absolute Gasteiger partial charge is 0.310 e. The minimum atomic E-state index is 0.684. The second-order valence-corrected chi connectivity index (χ2v) is 5.55. The Morgan fingerprint density at radius 1 is 1.06 bits per heavy atom. The first-order chi connectivity index (χ1) is 8.26. The van der Waals surface area contributed by atoms with Gasteiger partial charge in [-0.3, -0.25) is 0 Å². The van der Waals surface area contributed by atoms with E-state index in [9.17, 15) is 0 Å². The molecule has 1 aromatic carbocycles. The molecular weight excluding hydrogens is 274 g/mol. The molecule has 1 aromatic rings. The Bertz CT molecular complexity index is 294. The zero-order valence-corrected chi connectivity index (χ0v) is 12.6. The molecule has 1 rings (SSSR count). The SMILES string of the molecule is CCCCC(CCC)NCc1ccc(Br)cc1. The third-order valence-electron chi connectivity index (χ3n) is 3.05. The Morgan fingerprint density at radius 2 is 1.76 bits per heavy atom. The minimum absolute atomic E-state index is 0.684. The summed E-state index contributed by atoms with van der Waals surface area (Å²) in [5.74, 6) is 0. The number of rotatable bonds is 8. The van der Waals surface area contributed by atoms with Crippen LogP contribution in [0.15, 0.2) is 28.7 Å². The van der Waals surface area contributed by atoms with Gasteiger partial charge in [-0.15, -0.1) is 0 Å². The van der Waals surface area contributed by atoms with Crippen molar-refractivity contribution in [1.82, 2.24) is 5.32 Å². The van der Waals surface area contributed by atoms with Crippen molar-refractivity contribution in [2.75, 3.05) is 0 Å². The van der Waals surface area contributed by atoms with Gasteiger partial charge in [0.15, 0.2) is 0 Å². The highest BCUT2D eigenvalue weighted by atomic mass is 79.9. The Kier molecular flexibility index (Phi) is 7.54. The fraction of sp³-hybridized carbons (Fsp3) is 0.600. The van der Waals surface area contributed by atoms with E-state index >= 15 is 0 Å². The molecule has 0 saturated heterocycles. The van der Waals surface area contributed by atoms with E-state index < -0.39 is 0 Å². The summed E-state index contributed by atoms with van der Waals surface area (Å²) in [5.41, 5.74) is 1.37. The average molecular weight is 298 g/mol. The summed E-state index contributed by atoms with van der Waals surface area (Å²) in [7, 11) is 0. The van der Waals surface area contributed by atoms with Crippen molar-refractivity contribution in [3.63, 3.8) is 0 Å². The van der Waals surface area contributed by atoms with E-state index in [4.69, 9.17) is 0 Å². The lowest BCUT2D eigenvalue weighted by Gasteiger charge is -2.17. The van der Waals surface area contributed by atoms with Crippen LogP contribution in [-0.4, -0.2) is 6.04 Å². The molecule has 0 aliphatic heterocycles. The predicted molar refractivity (Wildman–Crippen MR) is 79.2 cm³/mol. The van der Waals surface area contributed by atoms with Crippen molar-refractivity contribution in [3.05, 3.63) is 34.3 Å². The van der Waals surface area contributed by atoms with Crippen molar-refractivity contribution in [2.24, 2.45) is 0 Å². The first-order valence-electron chi connectivity index (χ1n) is 6.74. The number of nitrogens with one attached hydrogen (secondary N) is 1. The van der Waals surface area contributed by atoms with Gasteiger partial charge in [0.25, 0.3) is 0 Å². The molecule has 0 saturated carbocycles. The molecule has 1 nitrogen and oxygen atoms in total. The van der Waals surface area contributed by atoms with Crippen molar-refractivity contribution >= 4 is 15.9 Å². The number of unbranched alkanes of at least 4 members (excludes halogenated alkanes) is 1. The smallest absolute Gasteiger partial charge is 0.0208 e. The van der Waals surface area contributed by atoms with Crippen molar-refractivity contribution in [1.29, 1.82) is 0 Å². The standard InChI is InChI=1S/C15H24BrN/c1-3-5-7-15(6-4-2)17-12-13-8-10-14(16)11-9-13/h8-11,15,17H,3-7,12H2,1-2H3. The summed E-state index contributed by atoms with van der Waals surface area (Å²) >= 11 is 3.46. The topological polar surface area (TPSA) is 12.0 Å². The molecule has 2 heteroatoms. The van der Waals surface area contributed by atoms with Gasteiger partial charge in [0.05, 0.1) is 0 Å². The lowest BCUT2D eigenvalue weighted by Crippen LogP contribution is -2.28. The molecule has 0 radical (unpaired) electrons. The molecule has 0 amide bonds. The molecule has 0 spiro atoms. The van der Waals surface area contributed by atoms with Gasteiger partial charge in [-0.2, -0.15) is 0 Å². The van der Waals surface area contributed by atoms with Crippen LogP contribution in [0, 0.1) is 0 Å². The Balaban J connectivity index is 2.37. The van der Waals surface area contributed by atoms with Gasteiger partial charge in [0.2, 0.25) is 0 Å². The number of hydrogen-bond acceptors (Lipinski definition) is 1. The van der Waals surface area contributed by atoms with Crippen LogP contribution in [0.3, 0.4) is 0 Å². The first kappa shape index (κ1) is 14.7. The summed E-state index contributed by atoms with van der Waals surface area (Å²) in [4.78, 5) is 0. The van der Waals surface area contributed by atoms with Crippen LogP contribution >= 0.6 is 15.9 Å². The third kappa shape index (κ3) is 6.23. The quantitative estimate of drug-likeness (QED) is 0.720. The molecular formula is C15H24BrN. The van der Waals surface area contributed by atoms with Gasteiger partial charge in [-0.05, 0) is 30.5 Å². The molecule has 0 bridgehead atoms. The summed E-state index contributed by atoms with van der Waals surface area (Å²) in [6.45, 7) is 5.51. The second-order valence-electron chi connectivity index (χ2n) is 4.64. The molecule has 96 valence electrons. The maximum Gasteiger partial charge on any atom is 0.0208 e. The second kappa shape index (κ2) is 8.71. The van der Waals surface area contributed by atoms with E-state index in [-0.39, 0.29) is 0 Å². The van der Waals surface area contributed by atoms with Gasteiger partial charge in [-0.25, -0.2) is 0 Å². The maximum absolute atomic E-state index is 3.68. The number of benzene rings is 1. The van der Waals surface area contributed by atoms with Crippen LogP contribution in [0.4, 0.5) is 0 Å². The highest BCUT2D eigenvalue weighted by Crippen LogP contribution is 2.12. The highest BCUT2D eigenvalue weighted by Gasteiger charge is 2.06. The highest BCUT2D eigenvalue weighted by molar-refractivity contribution is 9.10. The van der Waals surface area contributed by atoms with Crippen molar-refractivity contribution in [2.45, 2.75) is 58.5 Å². The van der Waals surface area contributed by atoms with Crippen molar-refractivity contribution < 1.29 is 0 Å². The van der Waals surface area contributed by atoms with E-state index in [0.717, 1.165) is 11.0 Å². The fourth-order valence-corrected chi connectivity index (χ4v) is 2.28. The molecule has 0 fully saturated rings.